The molecule has 0 unspecified atom stereocenters. The predicted molar refractivity (Wildman–Crippen MR) is 127 cm³/mol. The number of halogens is 4. The highest BCUT2D eigenvalue weighted by molar-refractivity contribution is 9.10. The van der Waals surface area contributed by atoms with E-state index in [1.165, 1.54) is 12.1 Å². The number of amides is 1. The van der Waals surface area contributed by atoms with Crippen molar-refractivity contribution in [2.24, 2.45) is 0 Å². The van der Waals surface area contributed by atoms with Crippen molar-refractivity contribution in [2.75, 3.05) is 11.9 Å². The summed E-state index contributed by atoms with van der Waals surface area (Å²) in [5.41, 5.74) is 2.40. The van der Waals surface area contributed by atoms with E-state index in [1.807, 2.05) is 30.3 Å². The number of hydrogen-bond acceptors (Lipinski definition) is 5. The number of ether oxygens (including phenoxy) is 2. The maximum absolute atomic E-state index is 12.9. The van der Waals surface area contributed by atoms with E-state index in [0.717, 1.165) is 22.2 Å². The topological polar surface area (TPSA) is 77.5 Å². The minimum absolute atomic E-state index is 0.213. The monoisotopic (exact) mass is 544 g/mol. The largest absolute Gasteiger partial charge is 0.573 e. The first-order valence-corrected chi connectivity index (χ1v) is 11.0. The Morgan fingerprint density at radius 2 is 1.66 bits per heavy atom. The molecule has 4 rings (SSSR count). The van der Waals surface area contributed by atoms with Crippen molar-refractivity contribution in [3.63, 3.8) is 0 Å². The van der Waals surface area contributed by atoms with Crippen molar-refractivity contribution >= 4 is 44.4 Å². The predicted octanol–water partition coefficient (Wildman–Crippen LogP) is 6.36. The summed E-state index contributed by atoms with van der Waals surface area (Å²) < 4.78 is 46.5. The van der Waals surface area contributed by atoms with Gasteiger partial charge in [0.2, 0.25) is 0 Å². The third kappa shape index (κ3) is 6.36. The molecule has 6 nitrogen and oxygen atoms in total. The summed E-state index contributed by atoms with van der Waals surface area (Å²) in [5, 5.41) is 3.00. The summed E-state index contributed by atoms with van der Waals surface area (Å²) in [6.45, 7) is -0.599. The van der Waals surface area contributed by atoms with Crippen molar-refractivity contribution in [3.05, 3.63) is 88.9 Å². The second-order valence-electron chi connectivity index (χ2n) is 7.28. The number of hydrogen-bond donors (Lipinski definition) is 1. The molecule has 35 heavy (non-hydrogen) atoms. The van der Waals surface area contributed by atoms with Gasteiger partial charge in [-0.15, -0.1) is 13.2 Å². The molecule has 0 atom stereocenters. The van der Waals surface area contributed by atoms with Gasteiger partial charge in [0, 0.05) is 21.1 Å². The molecule has 1 amide bonds. The number of carbonyl (C=O) groups is 2. The van der Waals surface area contributed by atoms with Crippen molar-refractivity contribution in [2.45, 2.75) is 6.36 Å². The number of esters is 1. The molecule has 0 bridgehead atoms. The minimum Gasteiger partial charge on any atom is -0.452 e. The SMILES string of the molecule is O=C(COC(=O)c1cc(-c2ccccc2)nc2ccc(Br)cc12)Nc1ccc(OC(F)(F)F)cc1. The van der Waals surface area contributed by atoms with Gasteiger partial charge in [0.1, 0.15) is 5.75 Å². The number of alkyl halides is 3. The zero-order valence-electron chi connectivity index (χ0n) is 17.8. The molecule has 1 aromatic heterocycles. The average Bonchev–Trinajstić information content (AvgIpc) is 2.83. The molecule has 0 aliphatic rings. The van der Waals surface area contributed by atoms with Crippen molar-refractivity contribution in [1.82, 2.24) is 4.98 Å². The van der Waals surface area contributed by atoms with Gasteiger partial charge in [-0.1, -0.05) is 46.3 Å². The lowest BCUT2D eigenvalue weighted by molar-refractivity contribution is -0.274. The number of nitrogens with zero attached hydrogens (tertiary/aromatic N) is 1. The maximum Gasteiger partial charge on any atom is 0.573 e. The van der Waals surface area contributed by atoms with E-state index in [4.69, 9.17) is 4.74 Å². The number of fused-ring (bicyclic) bond motifs is 1. The molecule has 0 saturated carbocycles. The Morgan fingerprint density at radius 1 is 0.943 bits per heavy atom. The number of anilines is 1. The van der Waals surface area contributed by atoms with Crippen LogP contribution >= 0.6 is 15.9 Å². The van der Waals surface area contributed by atoms with E-state index in [0.29, 0.717) is 16.6 Å². The molecule has 0 radical (unpaired) electrons. The van der Waals surface area contributed by atoms with Gasteiger partial charge in [-0.2, -0.15) is 0 Å². The fourth-order valence-electron chi connectivity index (χ4n) is 3.27. The first kappa shape index (κ1) is 24.2. The molecule has 0 aliphatic carbocycles. The highest BCUT2D eigenvalue weighted by Gasteiger charge is 2.31. The molecule has 178 valence electrons. The fraction of sp³-hybridized carbons (Fsp3) is 0.0800. The molecule has 1 heterocycles. The Labute approximate surface area is 205 Å². The molecule has 10 heteroatoms. The second-order valence-corrected chi connectivity index (χ2v) is 8.19. The Kier molecular flexibility index (Phi) is 7.02. The van der Waals surface area contributed by atoms with E-state index in [2.05, 4.69) is 31.0 Å². The summed E-state index contributed by atoms with van der Waals surface area (Å²) >= 11 is 3.38. The summed E-state index contributed by atoms with van der Waals surface area (Å²) in [5.74, 6) is -1.81. The lowest BCUT2D eigenvalue weighted by atomic mass is 10.0. The quantitative estimate of drug-likeness (QED) is 0.286. The van der Waals surface area contributed by atoms with Crippen LogP contribution in [0.25, 0.3) is 22.2 Å². The lowest BCUT2D eigenvalue weighted by Gasteiger charge is -2.11. The first-order valence-electron chi connectivity index (χ1n) is 10.2. The highest BCUT2D eigenvalue weighted by atomic mass is 79.9. The maximum atomic E-state index is 12.9. The van der Waals surface area contributed by atoms with Crippen LogP contribution in [0.4, 0.5) is 18.9 Å². The van der Waals surface area contributed by atoms with Crippen LogP contribution in [0.1, 0.15) is 10.4 Å². The zero-order valence-corrected chi connectivity index (χ0v) is 19.4. The third-order valence-electron chi connectivity index (χ3n) is 4.77. The van der Waals surface area contributed by atoms with Crippen LogP contribution < -0.4 is 10.1 Å². The van der Waals surface area contributed by atoms with Gasteiger partial charge in [0.05, 0.1) is 16.8 Å². The van der Waals surface area contributed by atoms with Crippen LogP contribution in [0.2, 0.25) is 0 Å². The van der Waals surface area contributed by atoms with Gasteiger partial charge < -0.3 is 14.8 Å². The van der Waals surface area contributed by atoms with Gasteiger partial charge >= 0.3 is 12.3 Å². The molecule has 0 spiro atoms. The second kappa shape index (κ2) is 10.1. The normalized spacial score (nSPS) is 11.2. The molecule has 0 aliphatic heterocycles. The standard InChI is InChI=1S/C25H16BrF3N2O4/c26-16-6-11-21-19(12-16)20(13-22(31-21)15-4-2-1-3-5-15)24(33)34-14-23(32)30-17-7-9-18(10-8-17)35-25(27,28)29/h1-13H,14H2,(H,30,32). The molecule has 0 fully saturated rings. The van der Waals surface area contributed by atoms with Crippen molar-refractivity contribution in [1.29, 1.82) is 0 Å². The molecule has 0 saturated heterocycles. The number of pyridine rings is 1. The van der Waals surface area contributed by atoms with Gasteiger partial charge in [0.15, 0.2) is 6.61 Å². The van der Waals surface area contributed by atoms with Crippen molar-refractivity contribution < 1.29 is 32.2 Å². The van der Waals surface area contributed by atoms with Gasteiger partial charge in [-0.05, 0) is 48.5 Å². The van der Waals surface area contributed by atoms with Gasteiger partial charge in [-0.25, -0.2) is 9.78 Å². The minimum atomic E-state index is -4.81. The summed E-state index contributed by atoms with van der Waals surface area (Å²) in [6.07, 6.45) is -4.81. The van der Waals surface area contributed by atoms with Crippen LogP contribution in [-0.2, 0) is 9.53 Å². The number of aromatic nitrogens is 1. The van der Waals surface area contributed by atoms with Crippen LogP contribution in [-0.4, -0.2) is 29.8 Å². The van der Waals surface area contributed by atoms with E-state index in [1.54, 1.807) is 24.3 Å². The number of nitrogens with one attached hydrogen (secondary N) is 1. The number of benzene rings is 3. The molecular weight excluding hydrogens is 529 g/mol. The van der Waals surface area contributed by atoms with E-state index >= 15 is 0 Å². The Bertz CT molecular complexity index is 1380. The summed E-state index contributed by atoms with van der Waals surface area (Å²) in [6, 6.07) is 20.8. The number of rotatable bonds is 6. The van der Waals surface area contributed by atoms with Gasteiger partial charge in [0.25, 0.3) is 5.91 Å². The fourth-order valence-corrected chi connectivity index (χ4v) is 3.63. The molecular formula is C25H16BrF3N2O4. The van der Waals surface area contributed by atoms with Crippen molar-refractivity contribution in [3.8, 4) is 17.0 Å². The van der Waals surface area contributed by atoms with Crippen LogP contribution in [0.3, 0.4) is 0 Å². The first-order chi connectivity index (χ1) is 16.7. The van der Waals surface area contributed by atoms with E-state index in [9.17, 15) is 22.8 Å². The molecule has 3 aromatic carbocycles. The van der Waals surface area contributed by atoms with E-state index < -0.39 is 30.6 Å². The highest BCUT2D eigenvalue weighted by Crippen LogP contribution is 2.28. The Balaban J connectivity index is 1.48. The molecule has 4 aromatic rings. The van der Waals surface area contributed by atoms with Crippen LogP contribution in [0.15, 0.2) is 83.3 Å². The third-order valence-corrected chi connectivity index (χ3v) is 5.26. The Hall–Kier alpha value is -3.92. The molecule has 1 N–H and O–H groups in total. The van der Waals surface area contributed by atoms with Crippen LogP contribution in [0, 0.1) is 0 Å². The summed E-state index contributed by atoms with van der Waals surface area (Å²) in [4.78, 5) is 29.8. The van der Waals surface area contributed by atoms with Crippen LogP contribution in [0.5, 0.6) is 5.75 Å². The number of carbonyl (C=O) groups excluding carboxylic acids is 2. The smallest absolute Gasteiger partial charge is 0.452 e. The summed E-state index contributed by atoms with van der Waals surface area (Å²) in [7, 11) is 0. The van der Waals surface area contributed by atoms with Gasteiger partial charge in [-0.3, -0.25) is 4.79 Å². The average molecular weight is 545 g/mol. The zero-order chi connectivity index (χ0) is 25.0. The lowest BCUT2D eigenvalue weighted by Crippen LogP contribution is -2.21. The van der Waals surface area contributed by atoms with E-state index in [-0.39, 0.29) is 11.3 Å². The Morgan fingerprint density at radius 3 is 2.34 bits per heavy atom.